The first-order valence-corrected chi connectivity index (χ1v) is 6.39. The summed E-state index contributed by atoms with van der Waals surface area (Å²) in [7, 11) is 2.63. The summed E-state index contributed by atoms with van der Waals surface area (Å²) in [5.74, 6) is -0.210. The fourth-order valence-corrected chi connectivity index (χ4v) is 2.12. The summed E-state index contributed by atoms with van der Waals surface area (Å²) in [6, 6.07) is 8.19. The molecule has 0 radical (unpaired) electrons. The molecule has 0 bridgehead atoms. The lowest BCUT2D eigenvalue weighted by Crippen LogP contribution is -2.29. The van der Waals surface area contributed by atoms with Crippen LogP contribution in [0.4, 0.5) is 5.82 Å². The van der Waals surface area contributed by atoms with E-state index in [2.05, 4.69) is 9.72 Å². The van der Waals surface area contributed by atoms with Crippen LogP contribution in [0.1, 0.15) is 20.7 Å². The molecule has 1 aliphatic heterocycles. The zero-order valence-corrected chi connectivity index (χ0v) is 11.9. The van der Waals surface area contributed by atoms with Gasteiger partial charge in [-0.25, -0.2) is 9.78 Å². The Morgan fingerprint density at radius 2 is 2.00 bits per heavy atom. The molecule has 1 amide bonds. The van der Waals surface area contributed by atoms with E-state index < -0.39 is 11.9 Å². The van der Waals surface area contributed by atoms with E-state index >= 15 is 0 Å². The smallest absolute Gasteiger partial charge is 0.339 e. The maximum Gasteiger partial charge on any atom is 0.339 e. The number of carbonyl (C=O) groups is 2. The number of methoxy groups -OCH3 is 1. The lowest BCUT2D eigenvalue weighted by atomic mass is 10.2. The number of pyridine rings is 1. The minimum atomic E-state index is -0.549. The molecule has 112 valence electrons. The number of hydrogen-bond donors (Lipinski definition) is 0. The van der Waals surface area contributed by atoms with E-state index in [4.69, 9.17) is 9.57 Å². The van der Waals surface area contributed by atoms with Gasteiger partial charge in [-0.15, -0.1) is 0 Å². The Kier molecular flexibility index (Phi) is 3.48. The largest absolute Gasteiger partial charge is 0.465 e. The maximum absolute atomic E-state index is 12.5. The second kappa shape index (κ2) is 5.45. The van der Waals surface area contributed by atoms with Gasteiger partial charge in [0.05, 0.1) is 25.3 Å². The molecule has 0 atom stereocenters. The Labute approximate surface area is 126 Å². The number of amides is 1. The Bertz CT molecular complexity index is 759. The van der Waals surface area contributed by atoms with Gasteiger partial charge in [-0.05, 0) is 12.1 Å². The van der Waals surface area contributed by atoms with Crippen molar-refractivity contribution in [3.63, 3.8) is 0 Å². The van der Waals surface area contributed by atoms with Crippen molar-refractivity contribution in [1.82, 2.24) is 4.98 Å². The molecule has 0 saturated carbocycles. The average Bonchev–Trinajstić information content (AvgIpc) is 2.67. The van der Waals surface area contributed by atoms with Gasteiger partial charge in [0, 0.05) is 12.3 Å². The molecule has 1 aromatic heterocycles. The molecule has 7 nitrogen and oxygen atoms in total. The van der Waals surface area contributed by atoms with Crippen LogP contribution in [-0.2, 0) is 9.57 Å². The number of rotatable bonds is 2. The van der Waals surface area contributed by atoms with E-state index in [1.54, 1.807) is 24.3 Å². The number of ether oxygens (including phenoxy) is 2. The Balaban J connectivity index is 2.17. The van der Waals surface area contributed by atoms with Gasteiger partial charge in [-0.2, -0.15) is 5.06 Å². The van der Waals surface area contributed by atoms with Crippen LogP contribution in [0.15, 0.2) is 36.5 Å². The number of hydrogen-bond acceptors (Lipinski definition) is 6. The molecule has 3 rings (SSSR count). The van der Waals surface area contributed by atoms with Crippen molar-refractivity contribution in [2.45, 2.75) is 0 Å². The van der Waals surface area contributed by atoms with Gasteiger partial charge >= 0.3 is 5.97 Å². The van der Waals surface area contributed by atoms with Crippen molar-refractivity contribution in [3.05, 3.63) is 47.7 Å². The molecular weight excluding hydrogens is 288 g/mol. The van der Waals surface area contributed by atoms with Crippen LogP contribution in [0.5, 0.6) is 11.5 Å². The van der Waals surface area contributed by atoms with Gasteiger partial charge in [0.15, 0.2) is 5.75 Å². The Morgan fingerprint density at radius 3 is 2.73 bits per heavy atom. The molecule has 22 heavy (non-hydrogen) atoms. The summed E-state index contributed by atoms with van der Waals surface area (Å²) in [5.41, 5.74) is 0.547. The van der Waals surface area contributed by atoms with E-state index in [1.807, 2.05) is 0 Å². The molecule has 0 aliphatic carbocycles. The number of nitrogens with zero attached hydrogens (tertiary/aromatic N) is 2. The summed E-state index contributed by atoms with van der Waals surface area (Å²) in [5, 5.41) is 1.02. The van der Waals surface area contributed by atoms with Gasteiger partial charge in [0.1, 0.15) is 5.75 Å². The van der Waals surface area contributed by atoms with E-state index in [1.165, 1.54) is 26.5 Å². The fourth-order valence-electron chi connectivity index (χ4n) is 2.12. The molecule has 1 aromatic carbocycles. The van der Waals surface area contributed by atoms with Crippen molar-refractivity contribution in [2.75, 3.05) is 19.3 Å². The summed E-state index contributed by atoms with van der Waals surface area (Å²) < 4.78 is 10.4. The summed E-state index contributed by atoms with van der Waals surface area (Å²) in [6.45, 7) is 0. The minimum Gasteiger partial charge on any atom is -0.465 e. The van der Waals surface area contributed by atoms with Crippen LogP contribution in [0.25, 0.3) is 0 Å². The molecule has 0 fully saturated rings. The SMILES string of the molecule is COC(=O)c1cnc2c(c1)Oc1ccccc1C(=O)N2OC. The number of para-hydroxylation sites is 1. The minimum absolute atomic E-state index is 0.163. The van der Waals surface area contributed by atoms with Crippen LogP contribution >= 0.6 is 0 Å². The monoisotopic (exact) mass is 300 g/mol. The predicted molar refractivity (Wildman–Crippen MR) is 75.9 cm³/mol. The third-order valence-electron chi connectivity index (χ3n) is 3.15. The molecule has 7 heteroatoms. The van der Waals surface area contributed by atoms with Crippen LogP contribution in [0, 0.1) is 0 Å². The number of benzene rings is 1. The number of anilines is 1. The maximum atomic E-state index is 12.5. The van der Waals surface area contributed by atoms with E-state index in [-0.39, 0.29) is 17.1 Å². The van der Waals surface area contributed by atoms with Crippen LogP contribution in [0.2, 0.25) is 0 Å². The molecular formula is C15H12N2O5. The molecule has 2 heterocycles. The van der Waals surface area contributed by atoms with Crippen molar-refractivity contribution >= 4 is 17.7 Å². The van der Waals surface area contributed by atoms with Gasteiger partial charge < -0.3 is 9.47 Å². The van der Waals surface area contributed by atoms with E-state index in [9.17, 15) is 9.59 Å². The summed E-state index contributed by atoms with van der Waals surface area (Å²) in [4.78, 5) is 33.3. The number of fused-ring (bicyclic) bond motifs is 2. The second-order valence-electron chi connectivity index (χ2n) is 4.42. The van der Waals surface area contributed by atoms with Gasteiger partial charge in [0.25, 0.3) is 5.91 Å². The summed E-state index contributed by atoms with van der Waals surface area (Å²) in [6.07, 6.45) is 1.29. The first-order valence-electron chi connectivity index (χ1n) is 6.39. The Morgan fingerprint density at radius 1 is 1.23 bits per heavy atom. The van der Waals surface area contributed by atoms with Gasteiger partial charge in [0.2, 0.25) is 5.82 Å². The average molecular weight is 300 g/mol. The number of carbonyl (C=O) groups excluding carboxylic acids is 2. The molecule has 0 N–H and O–H groups in total. The van der Waals surface area contributed by atoms with Crippen molar-refractivity contribution < 1.29 is 23.9 Å². The fraction of sp³-hybridized carbons (Fsp3) is 0.133. The zero-order valence-electron chi connectivity index (χ0n) is 11.9. The highest BCUT2D eigenvalue weighted by Gasteiger charge is 2.30. The summed E-state index contributed by atoms with van der Waals surface area (Å²) >= 11 is 0. The standard InChI is InChI=1S/C15H12N2O5/c1-20-15(19)9-7-12-13(16-8-9)17(21-2)14(18)10-5-3-4-6-11(10)22-12/h3-8H,1-2H3. The highest BCUT2D eigenvalue weighted by atomic mass is 16.7. The molecule has 0 spiro atoms. The quantitative estimate of drug-likeness (QED) is 0.791. The number of aromatic nitrogens is 1. The highest BCUT2D eigenvalue weighted by Crippen LogP contribution is 2.37. The Hall–Kier alpha value is -2.93. The lowest BCUT2D eigenvalue weighted by Gasteiger charge is -2.17. The van der Waals surface area contributed by atoms with Crippen LogP contribution in [-0.4, -0.2) is 31.1 Å². The van der Waals surface area contributed by atoms with Gasteiger partial charge in [-0.1, -0.05) is 12.1 Å². The first kappa shape index (κ1) is 14.0. The molecule has 0 saturated heterocycles. The van der Waals surface area contributed by atoms with E-state index in [0.29, 0.717) is 11.3 Å². The first-order chi connectivity index (χ1) is 10.7. The molecule has 2 aromatic rings. The number of hydroxylamine groups is 1. The van der Waals surface area contributed by atoms with E-state index in [0.717, 1.165) is 5.06 Å². The second-order valence-corrected chi connectivity index (χ2v) is 4.42. The highest BCUT2D eigenvalue weighted by molar-refractivity contribution is 6.08. The van der Waals surface area contributed by atoms with Crippen LogP contribution in [0.3, 0.4) is 0 Å². The normalized spacial score (nSPS) is 12.8. The number of esters is 1. The zero-order chi connectivity index (χ0) is 15.7. The van der Waals surface area contributed by atoms with Crippen molar-refractivity contribution in [1.29, 1.82) is 0 Å². The molecule has 0 unspecified atom stereocenters. The van der Waals surface area contributed by atoms with Gasteiger partial charge in [-0.3, -0.25) is 9.63 Å². The van der Waals surface area contributed by atoms with Crippen LogP contribution < -0.4 is 9.80 Å². The third-order valence-corrected chi connectivity index (χ3v) is 3.15. The van der Waals surface area contributed by atoms with Crippen molar-refractivity contribution in [2.24, 2.45) is 0 Å². The van der Waals surface area contributed by atoms with Crippen molar-refractivity contribution in [3.8, 4) is 11.5 Å². The lowest BCUT2D eigenvalue weighted by molar-refractivity contribution is 0.0600. The molecule has 1 aliphatic rings. The predicted octanol–water partition coefficient (Wildman–Crippen LogP) is 2.18. The third kappa shape index (κ3) is 2.17. The topological polar surface area (TPSA) is 78.0 Å².